The van der Waals surface area contributed by atoms with E-state index in [1.807, 2.05) is 27.7 Å². The number of amides is 1. The Morgan fingerprint density at radius 2 is 2.10 bits per heavy atom. The van der Waals surface area contributed by atoms with E-state index in [-0.39, 0.29) is 6.09 Å². The van der Waals surface area contributed by atoms with Gasteiger partial charge in [-0.1, -0.05) is 6.42 Å². The molecule has 1 fully saturated rings. The van der Waals surface area contributed by atoms with Gasteiger partial charge in [0.25, 0.3) is 0 Å². The fraction of sp³-hybridized carbons (Fsp3) is 0.812. The Morgan fingerprint density at radius 1 is 1.35 bits per heavy atom. The molecule has 1 amide bonds. The Balaban J connectivity index is 2.27. The van der Waals surface area contributed by atoms with Crippen LogP contribution >= 0.6 is 0 Å². The summed E-state index contributed by atoms with van der Waals surface area (Å²) >= 11 is 0. The molecule has 0 aromatic rings. The van der Waals surface area contributed by atoms with Gasteiger partial charge in [-0.05, 0) is 46.5 Å². The molecule has 4 nitrogen and oxygen atoms in total. The maximum atomic E-state index is 11.6. The van der Waals surface area contributed by atoms with Crippen molar-refractivity contribution in [2.24, 2.45) is 5.92 Å². The van der Waals surface area contributed by atoms with Gasteiger partial charge in [-0.2, -0.15) is 0 Å². The zero-order valence-electron chi connectivity index (χ0n) is 13.2. The third-order valence-corrected chi connectivity index (χ3v) is 3.40. The van der Waals surface area contributed by atoms with Gasteiger partial charge in [0.1, 0.15) is 5.60 Å². The van der Waals surface area contributed by atoms with Crippen molar-refractivity contribution in [1.82, 2.24) is 10.6 Å². The number of alkyl carbamates (subject to hydrolysis) is 1. The molecule has 0 saturated heterocycles. The summed E-state index contributed by atoms with van der Waals surface area (Å²) in [5.74, 6) is 6.46. The first-order valence-electron chi connectivity index (χ1n) is 7.52. The fourth-order valence-corrected chi connectivity index (χ4v) is 2.52. The average molecular weight is 280 g/mol. The van der Waals surface area contributed by atoms with Gasteiger partial charge in [0.05, 0.1) is 0 Å². The van der Waals surface area contributed by atoms with Crippen LogP contribution in [0.2, 0.25) is 0 Å². The Bertz CT molecular complexity index is 363. The summed E-state index contributed by atoms with van der Waals surface area (Å²) in [6.45, 7) is 9.10. The predicted octanol–water partition coefficient (Wildman–Crippen LogP) is 2.68. The van der Waals surface area contributed by atoms with Crippen LogP contribution in [0.1, 0.15) is 53.4 Å². The van der Waals surface area contributed by atoms with Crippen molar-refractivity contribution < 1.29 is 9.53 Å². The van der Waals surface area contributed by atoms with E-state index >= 15 is 0 Å². The van der Waals surface area contributed by atoms with E-state index in [1.54, 1.807) is 0 Å². The molecular weight excluding hydrogens is 252 g/mol. The van der Waals surface area contributed by atoms with E-state index in [2.05, 4.69) is 22.5 Å². The molecule has 0 aromatic heterocycles. The Kier molecular flexibility index (Phi) is 6.87. The monoisotopic (exact) mass is 280 g/mol. The van der Waals surface area contributed by atoms with Crippen LogP contribution in [-0.2, 0) is 4.74 Å². The standard InChI is InChI=1S/C16H28N2O2/c1-5-6-7-11-17-14-10-8-9-13(14)12-18-15(19)20-16(2,3)4/h13-14,17H,7-12H2,1-4H3,(H,18,19). The molecule has 114 valence electrons. The van der Waals surface area contributed by atoms with Crippen LogP contribution in [0.4, 0.5) is 4.79 Å². The Morgan fingerprint density at radius 3 is 2.75 bits per heavy atom. The molecule has 0 spiro atoms. The first kappa shape index (κ1) is 16.8. The van der Waals surface area contributed by atoms with Gasteiger partial charge in [-0.3, -0.25) is 0 Å². The second-order valence-corrected chi connectivity index (χ2v) is 6.31. The minimum absolute atomic E-state index is 0.319. The van der Waals surface area contributed by atoms with E-state index in [4.69, 9.17) is 4.74 Å². The second kappa shape index (κ2) is 8.16. The molecule has 1 aliphatic rings. The average Bonchev–Trinajstić information content (AvgIpc) is 2.77. The Labute approximate surface area is 123 Å². The number of ether oxygens (including phenoxy) is 1. The van der Waals surface area contributed by atoms with E-state index in [0.717, 1.165) is 19.4 Å². The molecular formula is C16H28N2O2. The maximum absolute atomic E-state index is 11.6. The van der Waals surface area contributed by atoms with Crippen molar-refractivity contribution in [3.8, 4) is 11.8 Å². The minimum Gasteiger partial charge on any atom is -0.444 e. The van der Waals surface area contributed by atoms with E-state index < -0.39 is 5.60 Å². The molecule has 0 heterocycles. The molecule has 20 heavy (non-hydrogen) atoms. The van der Waals surface area contributed by atoms with Crippen molar-refractivity contribution in [2.75, 3.05) is 13.1 Å². The van der Waals surface area contributed by atoms with Crippen molar-refractivity contribution in [3.05, 3.63) is 0 Å². The van der Waals surface area contributed by atoms with Crippen LogP contribution in [0.3, 0.4) is 0 Å². The second-order valence-electron chi connectivity index (χ2n) is 6.31. The van der Waals surface area contributed by atoms with Gasteiger partial charge < -0.3 is 15.4 Å². The molecule has 0 radical (unpaired) electrons. The van der Waals surface area contributed by atoms with Crippen LogP contribution in [0, 0.1) is 17.8 Å². The van der Waals surface area contributed by atoms with Crippen molar-refractivity contribution >= 4 is 6.09 Å². The number of carbonyl (C=O) groups is 1. The van der Waals surface area contributed by atoms with Crippen LogP contribution in [0.5, 0.6) is 0 Å². The minimum atomic E-state index is -0.434. The van der Waals surface area contributed by atoms with Gasteiger partial charge in [0.15, 0.2) is 0 Å². The third kappa shape index (κ3) is 6.81. The van der Waals surface area contributed by atoms with Crippen molar-refractivity contribution in [2.45, 2.75) is 65.0 Å². The lowest BCUT2D eigenvalue weighted by atomic mass is 10.0. The normalized spacial score (nSPS) is 22.0. The SMILES string of the molecule is CC#CCCNC1CCCC1CNC(=O)OC(C)(C)C. The van der Waals surface area contributed by atoms with Crippen LogP contribution in [-0.4, -0.2) is 30.8 Å². The number of hydrogen-bond acceptors (Lipinski definition) is 3. The van der Waals surface area contributed by atoms with Gasteiger partial charge >= 0.3 is 6.09 Å². The smallest absolute Gasteiger partial charge is 0.407 e. The summed E-state index contributed by atoms with van der Waals surface area (Å²) < 4.78 is 5.26. The van der Waals surface area contributed by atoms with E-state index in [1.165, 1.54) is 12.8 Å². The summed E-state index contributed by atoms with van der Waals surface area (Å²) in [5, 5.41) is 6.43. The highest BCUT2D eigenvalue weighted by Crippen LogP contribution is 2.25. The molecule has 4 heteroatoms. The summed E-state index contributed by atoms with van der Waals surface area (Å²) in [7, 11) is 0. The topological polar surface area (TPSA) is 50.4 Å². The van der Waals surface area contributed by atoms with Crippen LogP contribution in [0.15, 0.2) is 0 Å². The fourth-order valence-electron chi connectivity index (χ4n) is 2.52. The molecule has 0 bridgehead atoms. The first-order valence-corrected chi connectivity index (χ1v) is 7.52. The highest BCUT2D eigenvalue weighted by Gasteiger charge is 2.27. The summed E-state index contributed by atoms with van der Waals surface area (Å²) in [6, 6.07) is 0.489. The maximum Gasteiger partial charge on any atom is 0.407 e. The molecule has 2 N–H and O–H groups in total. The lowest BCUT2D eigenvalue weighted by Gasteiger charge is -2.23. The van der Waals surface area contributed by atoms with Gasteiger partial charge in [-0.15, -0.1) is 11.8 Å². The molecule has 1 rings (SSSR count). The Hall–Kier alpha value is -1.21. The van der Waals surface area contributed by atoms with Crippen LogP contribution in [0.25, 0.3) is 0 Å². The zero-order valence-corrected chi connectivity index (χ0v) is 13.2. The predicted molar refractivity (Wildman–Crippen MR) is 81.4 cm³/mol. The number of hydrogen-bond donors (Lipinski definition) is 2. The van der Waals surface area contributed by atoms with Crippen molar-refractivity contribution in [3.63, 3.8) is 0 Å². The number of rotatable bonds is 5. The molecule has 0 aromatic carbocycles. The van der Waals surface area contributed by atoms with E-state index in [0.29, 0.717) is 18.5 Å². The third-order valence-electron chi connectivity index (χ3n) is 3.40. The van der Waals surface area contributed by atoms with Gasteiger partial charge in [0, 0.05) is 25.6 Å². The molecule has 2 atom stereocenters. The lowest BCUT2D eigenvalue weighted by Crippen LogP contribution is -2.41. The highest BCUT2D eigenvalue weighted by molar-refractivity contribution is 5.67. The first-order chi connectivity index (χ1) is 9.42. The molecule has 2 unspecified atom stereocenters. The quantitative estimate of drug-likeness (QED) is 0.601. The van der Waals surface area contributed by atoms with Gasteiger partial charge in [0.2, 0.25) is 0 Å². The van der Waals surface area contributed by atoms with Crippen molar-refractivity contribution in [1.29, 1.82) is 0 Å². The zero-order chi connectivity index (χ0) is 15.0. The molecule has 1 saturated carbocycles. The largest absolute Gasteiger partial charge is 0.444 e. The van der Waals surface area contributed by atoms with E-state index in [9.17, 15) is 4.79 Å². The molecule has 1 aliphatic carbocycles. The molecule has 0 aliphatic heterocycles. The lowest BCUT2D eigenvalue weighted by molar-refractivity contribution is 0.0517. The summed E-state index contributed by atoms with van der Waals surface area (Å²) in [4.78, 5) is 11.6. The summed E-state index contributed by atoms with van der Waals surface area (Å²) in [5.41, 5.74) is -0.434. The highest BCUT2D eigenvalue weighted by atomic mass is 16.6. The van der Waals surface area contributed by atoms with Gasteiger partial charge in [-0.25, -0.2) is 4.79 Å². The summed E-state index contributed by atoms with van der Waals surface area (Å²) in [6.07, 6.45) is 4.13. The van der Waals surface area contributed by atoms with Crippen LogP contribution < -0.4 is 10.6 Å². The number of nitrogens with one attached hydrogen (secondary N) is 2. The number of carbonyl (C=O) groups excluding carboxylic acids is 1.